The van der Waals surface area contributed by atoms with E-state index in [0.717, 1.165) is 31.4 Å². The third kappa shape index (κ3) is 3.13. The Hall–Kier alpha value is -1.29. The maximum Gasteiger partial charge on any atom is 0.164 e. The molecule has 0 bridgehead atoms. The molecule has 0 aliphatic carbocycles. The molecule has 0 saturated carbocycles. The fourth-order valence-corrected chi connectivity index (χ4v) is 2.41. The molecule has 2 nitrogen and oxygen atoms in total. The molecule has 1 saturated heterocycles. The van der Waals surface area contributed by atoms with Crippen LogP contribution in [0, 0.1) is 11.6 Å². The second kappa shape index (κ2) is 5.57. The van der Waals surface area contributed by atoms with Crippen LogP contribution in [-0.4, -0.2) is 17.9 Å². The Morgan fingerprint density at radius 3 is 2.78 bits per heavy atom. The summed E-state index contributed by atoms with van der Waals surface area (Å²) in [5, 5.41) is 3.35. The van der Waals surface area contributed by atoms with Crippen LogP contribution in [-0.2, 0) is 0 Å². The van der Waals surface area contributed by atoms with Gasteiger partial charge >= 0.3 is 0 Å². The van der Waals surface area contributed by atoms with Gasteiger partial charge in [0.05, 0.1) is 0 Å². The summed E-state index contributed by atoms with van der Waals surface area (Å²) in [7, 11) is 0. The third-order valence-electron chi connectivity index (χ3n) is 3.38. The topological polar surface area (TPSA) is 29.1 Å². The molecule has 0 spiro atoms. The van der Waals surface area contributed by atoms with Crippen LogP contribution in [0.15, 0.2) is 18.2 Å². The lowest BCUT2D eigenvalue weighted by Gasteiger charge is -2.28. The van der Waals surface area contributed by atoms with E-state index >= 15 is 0 Å². The largest absolute Gasteiger partial charge is 0.311 e. The summed E-state index contributed by atoms with van der Waals surface area (Å²) in [6, 6.07) is 3.88. The summed E-state index contributed by atoms with van der Waals surface area (Å²) in [6.45, 7) is 2.09. The van der Waals surface area contributed by atoms with Crippen LogP contribution < -0.4 is 5.32 Å². The second-order valence-corrected chi connectivity index (χ2v) is 4.95. The molecule has 4 heteroatoms. The molecule has 0 radical (unpaired) electrons. The van der Waals surface area contributed by atoms with Crippen LogP contribution in [0.25, 0.3) is 0 Å². The van der Waals surface area contributed by atoms with Crippen molar-refractivity contribution >= 4 is 5.78 Å². The van der Waals surface area contributed by atoms with Gasteiger partial charge in [0.15, 0.2) is 17.4 Å². The molecule has 2 atom stereocenters. The van der Waals surface area contributed by atoms with Gasteiger partial charge in [0.25, 0.3) is 0 Å². The molecule has 2 rings (SSSR count). The summed E-state index contributed by atoms with van der Waals surface area (Å²) >= 11 is 0. The van der Waals surface area contributed by atoms with Crippen molar-refractivity contribution in [3.8, 4) is 0 Å². The number of piperidine rings is 1. The minimum Gasteiger partial charge on any atom is -0.311 e. The number of hydrogen-bond acceptors (Lipinski definition) is 2. The van der Waals surface area contributed by atoms with E-state index in [-0.39, 0.29) is 17.4 Å². The SMILES string of the molecule is CC1CCCC(CC(=O)c2ccc(F)c(F)c2)N1. The smallest absolute Gasteiger partial charge is 0.164 e. The van der Waals surface area contributed by atoms with Crippen molar-refractivity contribution in [1.29, 1.82) is 0 Å². The summed E-state index contributed by atoms with van der Waals surface area (Å²) in [5.41, 5.74) is 0.244. The Balaban J connectivity index is 2.00. The molecule has 1 aliphatic heterocycles. The number of carbonyl (C=O) groups excluding carboxylic acids is 1. The first-order valence-electron chi connectivity index (χ1n) is 6.30. The van der Waals surface area contributed by atoms with E-state index in [9.17, 15) is 13.6 Å². The number of benzene rings is 1. The maximum atomic E-state index is 13.0. The number of ketones is 1. The number of rotatable bonds is 3. The van der Waals surface area contributed by atoms with Crippen LogP contribution >= 0.6 is 0 Å². The summed E-state index contributed by atoms with van der Waals surface area (Å²) < 4.78 is 25.8. The van der Waals surface area contributed by atoms with Gasteiger partial charge in [-0.3, -0.25) is 4.79 Å². The van der Waals surface area contributed by atoms with Gasteiger partial charge in [-0.1, -0.05) is 6.42 Å². The first-order valence-corrected chi connectivity index (χ1v) is 6.30. The molecule has 1 aromatic rings. The lowest BCUT2D eigenvalue weighted by Crippen LogP contribution is -2.41. The lowest BCUT2D eigenvalue weighted by molar-refractivity contribution is 0.0959. The molecule has 0 amide bonds. The standard InChI is InChI=1S/C14H17F2NO/c1-9-3-2-4-11(17-9)8-14(18)10-5-6-12(15)13(16)7-10/h5-7,9,11,17H,2-4,8H2,1H3. The van der Waals surface area contributed by atoms with Gasteiger partial charge in [-0.05, 0) is 38.0 Å². The molecule has 1 heterocycles. The van der Waals surface area contributed by atoms with Crippen molar-refractivity contribution in [3.05, 3.63) is 35.4 Å². The fourth-order valence-electron chi connectivity index (χ4n) is 2.41. The predicted octanol–water partition coefficient (Wildman–Crippen LogP) is 3.07. The average molecular weight is 253 g/mol. The van der Waals surface area contributed by atoms with Gasteiger partial charge in [-0.2, -0.15) is 0 Å². The zero-order chi connectivity index (χ0) is 13.1. The Bertz CT molecular complexity index is 447. The van der Waals surface area contributed by atoms with Gasteiger partial charge in [0, 0.05) is 24.1 Å². The first kappa shape index (κ1) is 13.1. The zero-order valence-electron chi connectivity index (χ0n) is 10.4. The highest BCUT2D eigenvalue weighted by molar-refractivity contribution is 5.96. The van der Waals surface area contributed by atoms with E-state index in [2.05, 4.69) is 12.2 Å². The number of hydrogen-bond donors (Lipinski definition) is 1. The highest BCUT2D eigenvalue weighted by Crippen LogP contribution is 2.18. The van der Waals surface area contributed by atoms with Crippen LogP contribution in [0.4, 0.5) is 8.78 Å². The quantitative estimate of drug-likeness (QED) is 0.839. The maximum absolute atomic E-state index is 13.0. The molecule has 1 aromatic carbocycles. The van der Waals surface area contributed by atoms with Crippen LogP contribution in [0.2, 0.25) is 0 Å². The fraction of sp³-hybridized carbons (Fsp3) is 0.500. The number of halogens is 2. The highest BCUT2D eigenvalue weighted by Gasteiger charge is 2.21. The second-order valence-electron chi connectivity index (χ2n) is 4.95. The van der Waals surface area contributed by atoms with Gasteiger partial charge < -0.3 is 5.32 Å². The molecule has 1 N–H and O–H groups in total. The monoisotopic (exact) mass is 253 g/mol. The molecular weight excluding hydrogens is 236 g/mol. The normalized spacial score (nSPS) is 23.9. The number of nitrogens with one attached hydrogen (secondary N) is 1. The van der Waals surface area contributed by atoms with Crippen LogP contribution in [0.1, 0.15) is 43.0 Å². The van der Waals surface area contributed by atoms with Crippen molar-refractivity contribution in [3.63, 3.8) is 0 Å². The van der Waals surface area contributed by atoms with Gasteiger partial charge in [-0.15, -0.1) is 0 Å². The third-order valence-corrected chi connectivity index (χ3v) is 3.38. The Morgan fingerprint density at radius 1 is 1.33 bits per heavy atom. The average Bonchev–Trinajstić information content (AvgIpc) is 2.32. The van der Waals surface area contributed by atoms with E-state index in [4.69, 9.17) is 0 Å². The predicted molar refractivity (Wildman–Crippen MR) is 65.5 cm³/mol. The van der Waals surface area contributed by atoms with E-state index in [0.29, 0.717) is 12.5 Å². The van der Waals surface area contributed by atoms with Crippen molar-refractivity contribution in [2.45, 2.75) is 44.7 Å². The molecule has 1 aliphatic rings. The zero-order valence-corrected chi connectivity index (χ0v) is 10.4. The number of Topliss-reactive ketones (excluding diaryl/α,β-unsaturated/α-hetero) is 1. The van der Waals surface area contributed by atoms with E-state index in [1.54, 1.807) is 0 Å². The van der Waals surface area contributed by atoms with Gasteiger partial charge in [0.2, 0.25) is 0 Å². The number of carbonyl (C=O) groups is 1. The van der Waals surface area contributed by atoms with E-state index < -0.39 is 11.6 Å². The highest BCUT2D eigenvalue weighted by atomic mass is 19.2. The van der Waals surface area contributed by atoms with Crippen LogP contribution in [0.5, 0.6) is 0 Å². The van der Waals surface area contributed by atoms with Crippen molar-refractivity contribution in [2.24, 2.45) is 0 Å². The molecule has 2 unspecified atom stereocenters. The van der Waals surface area contributed by atoms with Gasteiger partial charge in [0.1, 0.15) is 0 Å². The lowest BCUT2D eigenvalue weighted by atomic mass is 9.94. The molecule has 0 aromatic heterocycles. The molecular formula is C14H17F2NO. The molecule has 18 heavy (non-hydrogen) atoms. The Morgan fingerprint density at radius 2 is 2.11 bits per heavy atom. The minimum atomic E-state index is -0.967. The summed E-state index contributed by atoms with van der Waals surface area (Å²) in [5.74, 6) is -2.03. The van der Waals surface area contributed by atoms with Crippen LogP contribution in [0.3, 0.4) is 0 Å². The van der Waals surface area contributed by atoms with Gasteiger partial charge in [-0.25, -0.2) is 8.78 Å². The summed E-state index contributed by atoms with van der Waals surface area (Å²) in [4.78, 5) is 12.0. The first-order chi connectivity index (χ1) is 8.56. The Kier molecular flexibility index (Phi) is 4.07. The Labute approximate surface area is 105 Å². The van der Waals surface area contributed by atoms with Crippen molar-refractivity contribution < 1.29 is 13.6 Å². The van der Waals surface area contributed by atoms with Crippen molar-refractivity contribution in [1.82, 2.24) is 5.32 Å². The molecule has 1 fully saturated rings. The van der Waals surface area contributed by atoms with Crippen molar-refractivity contribution in [2.75, 3.05) is 0 Å². The molecule has 98 valence electrons. The van der Waals surface area contributed by atoms with E-state index in [1.165, 1.54) is 6.07 Å². The minimum absolute atomic E-state index is 0.138. The summed E-state index contributed by atoms with van der Waals surface area (Å²) in [6.07, 6.45) is 3.52. The van der Waals surface area contributed by atoms with E-state index in [1.807, 2.05) is 0 Å².